The van der Waals surface area contributed by atoms with E-state index in [2.05, 4.69) is 15.6 Å². The van der Waals surface area contributed by atoms with Crippen LogP contribution < -0.4 is 20.1 Å². The van der Waals surface area contributed by atoms with Crippen molar-refractivity contribution in [2.45, 2.75) is 25.8 Å². The van der Waals surface area contributed by atoms with Crippen LogP contribution in [0.2, 0.25) is 0 Å². The van der Waals surface area contributed by atoms with Gasteiger partial charge in [0.1, 0.15) is 17.3 Å². The number of anilines is 1. The molecule has 0 radical (unpaired) electrons. The summed E-state index contributed by atoms with van der Waals surface area (Å²) in [6, 6.07) is 9.46. The Morgan fingerprint density at radius 1 is 1.20 bits per heavy atom. The van der Waals surface area contributed by atoms with Gasteiger partial charge >= 0.3 is 5.97 Å². The van der Waals surface area contributed by atoms with Gasteiger partial charge in [-0.1, -0.05) is 6.07 Å². The third kappa shape index (κ3) is 5.85. The second-order valence-electron chi connectivity index (χ2n) is 7.04. The van der Waals surface area contributed by atoms with E-state index < -0.39 is 5.92 Å². The Bertz CT molecular complexity index is 887. The fourth-order valence-electron chi connectivity index (χ4n) is 3.30. The number of ether oxygens (including phenoxy) is 3. The highest BCUT2D eigenvalue weighted by Crippen LogP contribution is 2.25. The van der Waals surface area contributed by atoms with Crippen LogP contribution in [-0.4, -0.2) is 44.2 Å². The minimum absolute atomic E-state index is 0.0785. The van der Waals surface area contributed by atoms with Crippen LogP contribution in [0.4, 0.5) is 5.82 Å². The van der Waals surface area contributed by atoms with Gasteiger partial charge in [-0.25, -0.2) is 4.98 Å². The van der Waals surface area contributed by atoms with Crippen LogP contribution >= 0.6 is 0 Å². The Morgan fingerprint density at radius 2 is 2.07 bits per heavy atom. The van der Waals surface area contributed by atoms with Crippen molar-refractivity contribution < 1.29 is 23.8 Å². The maximum Gasteiger partial charge on any atom is 0.306 e. The molecule has 8 heteroatoms. The lowest BCUT2D eigenvalue weighted by atomic mass is 9.94. The number of nitrogens with zero attached hydrogens (tertiary/aromatic N) is 1. The van der Waals surface area contributed by atoms with Gasteiger partial charge in [0.25, 0.3) is 0 Å². The van der Waals surface area contributed by atoms with E-state index in [1.165, 1.54) is 7.11 Å². The lowest BCUT2D eigenvalue weighted by molar-refractivity contribution is -0.144. The molecule has 0 spiro atoms. The van der Waals surface area contributed by atoms with Crippen LogP contribution in [0.25, 0.3) is 0 Å². The van der Waals surface area contributed by atoms with Crippen molar-refractivity contribution in [3.05, 3.63) is 47.7 Å². The van der Waals surface area contributed by atoms with E-state index in [-0.39, 0.29) is 18.3 Å². The molecular weight excluding hydrogens is 386 g/mol. The molecular formula is C22H27N3O5. The van der Waals surface area contributed by atoms with Crippen molar-refractivity contribution in [2.75, 3.05) is 32.7 Å². The molecule has 0 bridgehead atoms. The quantitative estimate of drug-likeness (QED) is 0.481. The zero-order valence-corrected chi connectivity index (χ0v) is 17.3. The minimum Gasteiger partial charge on any atom is -0.497 e. The molecule has 1 aliphatic heterocycles. The van der Waals surface area contributed by atoms with E-state index in [0.29, 0.717) is 19.6 Å². The van der Waals surface area contributed by atoms with Gasteiger partial charge in [-0.2, -0.15) is 0 Å². The van der Waals surface area contributed by atoms with Crippen LogP contribution in [-0.2, 0) is 27.3 Å². The lowest BCUT2D eigenvalue weighted by Gasteiger charge is -2.13. The SMILES string of the molecule is COC(=O)CC1Cc2ccc(OCCCNc3cc(OC)ccn3)cc2CNC1=O. The molecule has 0 aliphatic carbocycles. The van der Waals surface area contributed by atoms with Crippen molar-refractivity contribution in [3.63, 3.8) is 0 Å². The van der Waals surface area contributed by atoms with E-state index in [4.69, 9.17) is 14.2 Å². The van der Waals surface area contributed by atoms with Gasteiger partial charge in [0.05, 0.1) is 33.2 Å². The molecule has 30 heavy (non-hydrogen) atoms. The number of amides is 1. The highest BCUT2D eigenvalue weighted by Gasteiger charge is 2.26. The van der Waals surface area contributed by atoms with E-state index in [1.807, 2.05) is 24.3 Å². The summed E-state index contributed by atoms with van der Waals surface area (Å²) in [6.45, 7) is 1.69. The molecule has 3 rings (SSSR count). The zero-order valence-electron chi connectivity index (χ0n) is 17.3. The van der Waals surface area contributed by atoms with E-state index >= 15 is 0 Å². The summed E-state index contributed by atoms with van der Waals surface area (Å²) >= 11 is 0. The predicted molar refractivity (Wildman–Crippen MR) is 112 cm³/mol. The first-order valence-electron chi connectivity index (χ1n) is 9.92. The summed E-state index contributed by atoms with van der Waals surface area (Å²) in [6.07, 6.45) is 3.08. The van der Waals surface area contributed by atoms with Crippen molar-refractivity contribution in [2.24, 2.45) is 5.92 Å². The first-order chi connectivity index (χ1) is 14.6. The normalized spacial score (nSPS) is 15.4. The topological polar surface area (TPSA) is 98.8 Å². The van der Waals surface area contributed by atoms with E-state index in [9.17, 15) is 9.59 Å². The molecule has 8 nitrogen and oxygen atoms in total. The first-order valence-corrected chi connectivity index (χ1v) is 9.92. The average Bonchev–Trinajstić information content (AvgIpc) is 2.92. The van der Waals surface area contributed by atoms with Gasteiger partial charge in [0.2, 0.25) is 5.91 Å². The summed E-state index contributed by atoms with van der Waals surface area (Å²) in [5.41, 5.74) is 2.05. The number of pyridine rings is 1. The minimum atomic E-state index is -0.415. The summed E-state index contributed by atoms with van der Waals surface area (Å²) in [7, 11) is 2.95. The van der Waals surface area contributed by atoms with Crippen LogP contribution in [0.1, 0.15) is 24.0 Å². The summed E-state index contributed by atoms with van der Waals surface area (Å²) in [5.74, 6) is 1.36. The van der Waals surface area contributed by atoms with Gasteiger partial charge in [-0.15, -0.1) is 0 Å². The van der Waals surface area contributed by atoms with Crippen LogP contribution in [0.15, 0.2) is 36.5 Å². The van der Waals surface area contributed by atoms with Gasteiger partial charge in [0, 0.05) is 25.4 Å². The molecule has 2 heterocycles. The second kappa shape index (κ2) is 10.5. The fourth-order valence-corrected chi connectivity index (χ4v) is 3.30. The van der Waals surface area contributed by atoms with Crippen molar-refractivity contribution in [1.82, 2.24) is 10.3 Å². The lowest BCUT2D eigenvalue weighted by Crippen LogP contribution is -2.30. The number of carbonyl (C=O) groups excluding carboxylic acids is 2. The predicted octanol–water partition coefficient (Wildman–Crippen LogP) is 2.32. The third-order valence-corrected chi connectivity index (χ3v) is 4.97. The maximum absolute atomic E-state index is 12.3. The van der Waals surface area contributed by atoms with Crippen molar-refractivity contribution >= 4 is 17.7 Å². The van der Waals surface area contributed by atoms with E-state index in [1.54, 1.807) is 19.4 Å². The summed E-state index contributed by atoms with van der Waals surface area (Å²) < 4.78 is 15.7. The number of nitrogens with one attached hydrogen (secondary N) is 2. The van der Waals surface area contributed by atoms with E-state index in [0.717, 1.165) is 41.4 Å². The van der Waals surface area contributed by atoms with Gasteiger partial charge in [0.15, 0.2) is 0 Å². The van der Waals surface area contributed by atoms with Crippen molar-refractivity contribution in [3.8, 4) is 11.5 Å². The zero-order chi connectivity index (χ0) is 21.3. The number of carbonyl (C=O) groups is 2. The molecule has 1 aromatic heterocycles. The van der Waals surface area contributed by atoms with Gasteiger partial charge in [-0.3, -0.25) is 9.59 Å². The Hall–Kier alpha value is -3.29. The summed E-state index contributed by atoms with van der Waals surface area (Å²) in [5, 5.41) is 6.12. The smallest absolute Gasteiger partial charge is 0.306 e. The number of aromatic nitrogens is 1. The molecule has 1 amide bonds. The standard InChI is InChI=1S/C22H27N3O5/c1-28-18-6-8-24-20(13-18)23-7-3-9-30-19-5-4-15-10-16(12-21(26)29-2)22(27)25-14-17(15)11-19/h4-6,8,11,13,16H,3,7,9-10,12,14H2,1-2H3,(H,23,24)(H,25,27). The molecule has 2 N–H and O–H groups in total. The highest BCUT2D eigenvalue weighted by molar-refractivity contribution is 5.84. The molecule has 0 saturated carbocycles. The van der Waals surface area contributed by atoms with Crippen molar-refractivity contribution in [1.29, 1.82) is 0 Å². The molecule has 0 fully saturated rings. The Kier molecular flexibility index (Phi) is 7.48. The first kappa shape index (κ1) is 21.4. The molecule has 160 valence electrons. The monoisotopic (exact) mass is 413 g/mol. The Balaban J connectivity index is 1.49. The van der Waals surface area contributed by atoms with Crippen LogP contribution in [0, 0.1) is 5.92 Å². The van der Waals surface area contributed by atoms with Crippen LogP contribution in [0.5, 0.6) is 11.5 Å². The molecule has 1 aromatic carbocycles. The van der Waals surface area contributed by atoms with Gasteiger partial charge < -0.3 is 24.8 Å². The Morgan fingerprint density at radius 3 is 2.87 bits per heavy atom. The highest BCUT2D eigenvalue weighted by atomic mass is 16.5. The summed E-state index contributed by atoms with van der Waals surface area (Å²) in [4.78, 5) is 28.1. The number of esters is 1. The number of rotatable bonds is 9. The Labute approximate surface area is 175 Å². The molecule has 1 aliphatic rings. The molecule has 0 saturated heterocycles. The number of methoxy groups -OCH3 is 2. The number of hydrogen-bond donors (Lipinski definition) is 2. The number of fused-ring (bicyclic) bond motifs is 1. The van der Waals surface area contributed by atoms with Crippen LogP contribution in [0.3, 0.4) is 0 Å². The number of benzene rings is 1. The van der Waals surface area contributed by atoms with Gasteiger partial charge in [-0.05, 0) is 42.2 Å². The average molecular weight is 413 g/mol. The second-order valence-corrected chi connectivity index (χ2v) is 7.04. The maximum atomic E-state index is 12.3. The fraction of sp³-hybridized carbons (Fsp3) is 0.409. The largest absolute Gasteiger partial charge is 0.497 e. The molecule has 2 aromatic rings. The molecule has 1 atom stereocenters. The third-order valence-electron chi connectivity index (χ3n) is 4.97. The molecule has 1 unspecified atom stereocenters. The number of hydrogen-bond acceptors (Lipinski definition) is 7.